The SMILES string of the molecule is CCC1CN(Cc2cccc3c2CCNC3)CCN1C. The van der Waals surface area contributed by atoms with E-state index in [-0.39, 0.29) is 0 Å². The maximum absolute atomic E-state index is 3.47. The van der Waals surface area contributed by atoms with Crippen molar-refractivity contribution in [2.45, 2.75) is 38.9 Å². The summed E-state index contributed by atoms with van der Waals surface area (Å²) in [4.78, 5) is 5.16. The Labute approximate surface area is 123 Å². The first-order valence-corrected chi connectivity index (χ1v) is 8.01. The summed E-state index contributed by atoms with van der Waals surface area (Å²) in [5.74, 6) is 0. The monoisotopic (exact) mass is 273 g/mol. The average molecular weight is 273 g/mol. The van der Waals surface area contributed by atoms with Gasteiger partial charge in [-0.25, -0.2) is 0 Å². The molecule has 0 radical (unpaired) electrons. The van der Waals surface area contributed by atoms with E-state index in [2.05, 4.69) is 47.3 Å². The molecule has 3 rings (SSSR count). The summed E-state index contributed by atoms with van der Waals surface area (Å²) < 4.78 is 0. The van der Waals surface area contributed by atoms with Crippen LogP contribution in [0.15, 0.2) is 18.2 Å². The van der Waals surface area contributed by atoms with Crippen LogP contribution in [0, 0.1) is 0 Å². The highest BCUT2D eigenvalue weighted by molar-refractivity contribution is 5.37. The van der Waals surface area contributed by atoms with Crippen LogP contribution < -0.4 is 5.32 Å². The molecule has 0 spiro atoms. The topological polar surface area (TPSA) is 18.5 Å². The van der Waals surface area contributed by atoms with Gasteiger partial charge in [-0.3, -0.25) is 4.90 Å². The summed E-state index contributed by atoms with van der Waals surface area (Å²) in [7, 11) is 2.27. The van der Waals surface area contributed by atoms with Gasteiger partial charge in [0.25, 0.3) is 0 Å². The third kappa shape index (κ3) is 2.90. The maximum Gasteiger partial charge on any atom is 0.0237 e. The first-order valence-electron chi connectivity index (χ1n) is 8.01. The molecular weight excluding hydrogens is 246 g/mol. The van der Waals surface area contributed by atoms with Gasteiger partial charge >= 0.3 is 0 Å². The predicted octanol–water partition coefficient (Wildman–Crippen LogP) is 1.86. The summed E-state index contributed by atoms with van der Waals surface area (Å²) in [6.07, 6.45) is 2.44. The van der Waals surface area contributed by atoms with Crippen LogP contribution in [0.5, 0.6) is 0 Å². The molecule has 1 aromatic rings. The first kappa shape index (κ1) is 14.1. The molecule has 1 N–H and O–H groups in total. The highest BCUT2D eigenvalue weighted by Gasteiger charge is 2.23. The number of hydrogen-bond acceptors (Lipinski definition) is 3. The second-order valence-corrected chi connectivity index (χ2v) is 6.26. The number of rotatable bonds is 3. The van der Waals surface area contributed by atoms with Crippen molar-refractivity contribution < 1.29 is 0 Å². The lowest BCUT2D eigenvalue weighted by Gasteiger charge is -2.39. The van der Waals surface area contributed by atoms with Crippen molar-refractivity contribution in [3.05, 3.63) is 34.9 Å². The van der Waals surface area contributed by atoms with Crippen LogP contribution in [0.3, 0.4) is 0 Å². The van der Waals surface area contributed by atoms with Crippen molar-refractivity contribution in [1.82, 2.24) is 15.1 Å². The van der Waals surface area contributed by atoms with Gasteiger partial charge in [-0.1, -0.05) is 25.1 Å². The van der Waals surface area contributed by atoms with Gasteiger partial charge in [0.2, 0.25) is 0 Å². The molecule has 0 aromatic heterocycles. The van der Waals surface area contributed by atoms with Crippen molar-refractivity contribution in [2.75, 3.05) is 33.2 Å². The van der Waals surface area contributed by atoms with Crippen molar-refractivity contribution in [2.24, 2.45) is 0 Å². The van der Waals surface area contributed by atoms with Gasteiger partial charge in [0.15, 0.2) is 0 Å². The Hall–Kier alpha value is -0.900. The van der Waals surface area contributed by atoms with Crippen molar-refractivity contribution in [3.63, 3.8) is 0 Å². The van der Waals surface area contributed by atoms with Gasteiger partial charge in [-0.05, 0) is 43.1 Å². The molecule has 1 aromatic carbocycles. The van der Waals surface area contributed by atoms with Crippen LogP contribution in [0.1, 0.15) is 30.0 Å². The van der Waals surface area contributed by atoms with Gasteiger partial charge in [0, 0.05) is 38.8 Å². The lowest BCUT2D eigenvalue weighted by Crippen LogP contribution is -2.50. The van der Waals surface area contributed by atoms with Gasteiger partial charge in [0.1, 0.15) is 0 Å². The van der Waals surface area contributed by atoms with E-state index in [1.165, 1.54) is 38.0 Å². The number of likely N-dealkylation sites (N-methyl/N-ethyl adjacent to an activating group) is 1. The third-order valence-corrected chi connectivity index (χ3v) is 4.96. The number of nitrogens with zero attached hydrogens (tertiary/aromatic N) is 2. The van der Waals surface area contributed by atoms with Crippen molar-refractivity contribution in [1.29, 1.82) is 0 Å². The second kappa shape index (κ2) is 6.25. The maximum atomic E-state index is 3.47. The molecule has 3 nitrogen and oxygen atoms in total. The highest BCUT2D eigenvalue weighted by atomic mass is 15.3. The Morgan fingerprint density at radius 2 is 2.20 bits per heavy atom. The minimum Gasteiger partial charge on any atom is -0.312 e. The Balaban J connectivity index is 1.72. The van der Waals surface area contributed by atoms with Crippen LogP contribution in [-0.2, 0) is 19.5 Å². The molecule has 0 amide bonds. The summed E-state index contributed by atoms with van der Waals surface area (Å²) in [5.41, 5.74) is 4.68. The summed E-state index contributed by atoms with van der Waals surface area (Å²) >= 11 is 0. The van der Waals surface area contributed by atoms with Crippen LogP contribution >= 0.6 is 0 Å². The fourth-order valence-corrected chi connectivity index (χ4v) is 3.59. The number of nitrogens with one attached hydrogen (secondary N) is 1. The molecule has 0 aliphatic carbocycles. The molecule has 1 fully saturated rings. The fourth-order valence-electron chi connectivity index (χ4n) is 3.59. The standard InChI is InChI=1S/C17H27N3/c1-3-16-13-20(10-9-19(16)2)12-15-6-4-5-14-11-18-8-7-17(14)15/h4-6,16,18H,3,7-13H2,1-2H3. The smallest absolute Gasteiger partial charge is 0.0237 e. The zero-order chi connectivity index (χ0) is 13.9. The molecular formula is C17H27N3. The van der Waals surface area contributed by atoms with Gasteiger partial charge in [-0.2, -0.15) is 0 Å². The minimum absolute atomic E-state index is 0.727. The molecule has 0 bridgehead atoms. The summed E-state index contributed by atoms with van der Waals surface area (Å²) in [5, 5.41) is 3.47. The van der Waals surface area contributed by atoms with E-state index >= 15 is 0 Å². The molecule has 2 heterocycles. The van der Waals surface area contributed by atoms with E-state index in [9.17, 15) is 0 Å². The van der Waals surface area contributed by atoms with Gasteiger partial charge < -0.3 is 10.2 Å². The highest BCUT2D eigenvalue weighted by Crippen LogP contribution is 2.21. The lowest BCUT2D eigenvalue weighted by molar-refractivity contribution is 0.0881. The van der Waals surface area contributed by atoms with E-state index in [4.69, 9.17) is 0 Å². The molecule has 2 aliphatic heterocycles. The zero-order valence-corrected chi connectivity index (χ0v) is 12.9. The van der Waals surface area contributed by atoms with Crippen LogP contribution in [-0.4, -0.2) is 49.1 Å². The van der Waals surface area contributed by atoms with E-state index in [0.29, 0.717) is 0 Å². The molecule has 20 heavy (non-hydrogen) atoms. The molecule has 1 saturated heterocycles. The fraction of sp³-hybridized carbons (Fsp3) is 0.647. The van der Waals surface area contributed by atoms with E-state index in [0.717, 1.165) is 25.7 Å². The van der Waals surface area contributed by atoms with Gasteiger partial charge in [-0.15, -0.1) is 0 Å². The zero-order valence-electron chi connectivity index (χ0n) is 12.9. The average Bonchev–Trinajstić information content (AvgIpc) is 2.49. The number of fused-ring (bicyclic) bond motifs is 1. The minimum atomic E-state index is 0.727. The van der Waals surface area contributed by atoms with E-state index in [1.54, 1.807) is 11.1 Å². The quantitative estimate of drug-likeness (QED) is 0.907. The molecule has 2 aliphatic rings. The third-order valence-electron chi connectivity index (χ3n) is 4.96. The Morgan fingerprint density at radius 1 is 1.30 bits per heavy atom. The second-order valence-electron chi connectivity index (χ2n) is 6.26. The Morgan fingerprint density at radius 3 is 3.05 bits per heavy atom. The van der Waals surface area contributed by atoms with Crippen LogP contribution in [0.25, 0.3) is 0 Å². The summed E-state index contributed by atoms with van der Waals surface area (Å²) in [6, 6.07) is 7.58. The van der Waals surface area contributed by atoms with Crippen molar-refractivity contribution in [3.8, 4) is 0 Å². The van der Waals surface area contributed by atoms with Gasteiger partial charge in [0.05, 0.1) is 0 Å². The molecule has 110 valence electrons. The Bertz CT molecular complexity index is 458. The number of hydrogen-bond donors (Lipinski definition) is 1. The molecule has 1 unspecified atom stereocenters. The van der Waals surface area contributed by atoms with Crippen LogP contribution in [0.4, 0.5) is 0 Å². The van der Waals surface area contributed by atoms with Crippen molar-refractivity contribution >= 4 is 0 Å². The Kier molecular flexibility index (Phi) is 4.39. The van der Waals surface area contributed by atoms with Crippen LogP contribution in [0.2, 0.25) is 0 Å². The van der Waals surface area contributed by atoms with E-state index < -0.39 is 0 Å². The normalized spacial score (nSPS) is 24.6. The molecule has 1 atom stereocenters. The predicted molar refractivity (Wildman–Crippen MR) is 83.8 cm³/mol. The lowest BCUT2D eigenvalue weighted by atomic mass is 9.95. The molecule has 3 heteroatoms. The first-order chi connectivity index (χ1) is 9.78. The molecule has 0 saturated carbocycles. The number of piperazine rings is 1. The summed E-state index contributed by atoms with van der Waals surface area (Å²) in [6.45, 7) is 9.24. The number of benzene rings is 1. The largest absolute Gasteiger partial charge is 0.312 e. The van der Waals surface area contributed by atoms with E-state index in [1.807, 2.05) is 0 Å².